The highest BCUT2D eigenvalue weighted by molar-refractivity contribution is 9.09. The largest absolute Gasteiger partial charge is 0.475 e. The predicted molar refractivity (Wildman–Crippen MR) is 80.7 cm³/mol. The van der Waals surface area contributed by atoms with Gasteiger partial charge in [0.1, 0.15) is 6.61 Å². The summed E-state index contributed by atoms with van der Waals surface area (Å²) in [5.41, 5.74) is 6.54. The van der Waals surface area contributed by atoms with Gasteiger partial charge in [-0.2, -0.15) is 0 Å². The Morgan fingerprint density at radius 1 is 1.56 bits per heavy atom. The zero-order valence-electron chi connectivity index (χ0n) is 10.4. The average molecular weight is 358 g/mol. The van der Waals surface area contributed by atoms with E-state index in [0.717, 1.165) is 30.3 Å². The van der Waals surface area contributed by atoms with Crippen LogP contribution in [0.4, 0.5) is 0 Å². The minimum atomic E-state index is -1.05. The Kier molecular flexibility index (Phi) is 8.27. The lowest BCUT2D eigenvalue weighted by molar-refractivity contribution is 0.217. The van der Waals surface area contributed by atoms with Gasteiger partial charge in [-0.05, 0) is 42.8 Å². The summed E-state index contributed by atoms with van der Waals surface area (Å²) < 4.78 is 12.9. The molecule has 0 aromatic carbocycles. The molecular formula is C11H19BrClN2O2P. The van der Waals surface area contributed by atoms with Crippen molar-refractivity contribution < 1.29 is 9.26 Å². The second-order valence-electron chi connectivity index (χ2n) is 3.96. The first-order valence-electron chi connectivity index (χ1n) is 5.77. The lowest BCUT2D eigenvalue weighted by Crippen LogP contribution is -2.15. The smallest absolute Gasteiger partial charge is 0.206 e. The molecule has 1 atom stereocenters. The molecule has 4 nitrogen and oxygen atoms in total. The molecule has 0 aromatic rings. The van der Waals surface area contributed by atoms with Gasteiger partial charge in [-0.3, -0.25) is 4.67 Å². The van der Waals surface area contributed by atoms with Crippen LogP contribution in [0.1, 0.15) is 12.8 Å². The number of nitrogens with two attached hydrogens (primary N) is 1. The summed E-state index contributed by atoms with van der Waals surface area (Å²) in [6.45, 7) is 1.92. The van der Waals surface area contributed by atoms with Gasteiger partial charge in [0.2, 0.25) is 7.65 Å². The standard InChI is InChI=1S/C11H19BrClN2O2P/c1-15(7-3-2-6-12)18(13)17-9-10-4-5-11(14)16-8-10/h4-5H,2-3,6-9,14H2,1H3. The zero-order valence-corrected chi connectivity index (χ0v) is 13.7. The molecule has 0 aliphatic carbocycles. The second kappa shape index (κ2) is 9.16. The Balaban J connectivity index is 2.21. The molecule has 1 aliphatic rings. The van der Waals surface area contributed by atoms with Gasteiger partial charge < -0.3 is 15.0 Å². The van der Waals surface area contributed by atoms with E-state index in [9.17, 15) is 0 Å². The number of allylic oxidation sites excluding steroid dienone is 2. The van der Waals surface area contributed by atoms with Crippen molar-refractivity contribution in [1.82, 2.24) is 4.67 Å². The van der Waals surface area contributed by atoms with Gasteiger partial charge in [-0.25, -0.2) is 0 Å². The first-order valence-corrected chi connectivity index (χ1v) is 9.01. The third kappa shape index (κ3) is 6.39. The van der Waals surface area contributed by atoms with Crippen LogP contribution >= 0.6 is 34.8 Å². The zero-order chi connectivity index (χ0) is 13.4. The summed E-state index contributed by atoms with van der Waals surface area (Å²) in [7, 11) is 0.930. The van der Waals surface area contributed by atoms with E-state index in [1.54, 1.807) is 6.08 Å². The number of hydrogen-bond acceptors (Lipinski definition) is 4. The molecule has 1 unspecified atom stereocenters. The fraction of sp³-hybridized carbons (Fsp3) is 0.636. The van der Waals surface area contributed by atoms with Gasteiger partial charge in [0.25, 0.3) is 0 Å². The van der Waals surface area contributed by atoms with Gasteiger partial charge in [-0.1, -0.05) is 22.0 Å². The molecular weight excluding hydrogens is 338 g/mol. The van der Waals surface area contributed by atoms with E-state index >= 15 is 0 Å². The number of unbranched alkanes of at least 4 members (excludes halogenated alkanes) is 1. The number of nitrogens with zero attached hydrogens (tertiary/aromatic N) is 1. The molecule has 0 amide bonds. The van der Waals surface area contributed by atoms with Crippen LogP contribution in [0.2, 0.25) is 0 Å². The van der Waals surface area contributed by atoms with E-state index in [2.05, 4.69) is 15.9 Å². The van der Waals surface area contributed by atoms with Crippen LogP contribution in [0.3, 0.4) is 0 Å². The molecule has 7 heteroatoms. The molecule has 0 radical (unpaired) electrons. The predicted octanol–water partition coefficient (Wildman–Crippen LogP) is 3.33. The molecule has 0 fully saturated rings. The highest BCUT2D eigenvalue weighted by Crippen LogP contribution is 2.45. The van der Waals surface area contributed by atoms with Crippen LogP contribution in [-0.4, -0.2) is 36.8 Å². The number of rotatable bonds is 8. The molecule has 1 rings (SSSR count). The van der Waals surface area contributed by atoms with Crippen LogP contribution < -0.4 is 5.73 Å². The van der Waals surface area contributed by atoms with Gasteiger partial charge in [-0.15, -0.1) is 0 Å². The average Bonchev–Trinajstić information content (AvgIpc) is 2.38. The van der Waals surface area contributed by atoms with E-state index < -0.39 is 7.65 Å². The van der Waals surface area contributed by atoms with Gasteiger partial charge in [0, 0.05) is 11.9 Å². The lowest BCUT2D eigenvalue weighted by atomic mass is 10.2. The maximum absolute atomic E-state index is 6.21. The van der Waals surface area contributed by atoms with Crippen molar-refractivity contribution in [3.05, 3.63) is 23.6 Å². The van der Waals surface area contributed by atoms with Crippen molar-refractivity contribution in [2.24, 2.45) is 5.73 Å². The van der Waals surface area contributed by atoms with Crippen molar-refractivity contribution in [2.45, 2.75) is 12.8 Å². The number of ether oxygens (including phenoxy) is 1. The van der Waals surface area contributed by atoms with Crippen LogP contribution in [0.15, 0.2) is 23.6 Å². The maximum Gasteiger partial charge on any atom is 0.206 e. The van der Waals surface area contributed by atoms with Crippen molar-refractivity contribution in [3.63, 3.8) is 0 Å². The van der Waals surface area contributed by atoms with E-state index in [0.29, 0.717) is 19.1 Å². The summed E-state index contributed by atoms with van der Waals surface area (Å²) in [5.74, 6) is 0.443. The molecule has 18 heavy (non-hydrogen) atoms. The lowest BCUT2D eigenvalue weighted by Gasteiger charge is -2.22. The molecule has 0 spiro atoms. The van der Waals surface area contributed by atoms with Crippen LogP contribution in [0.5, 0.6) is 0 Å². The molecule has 0 saturated carbocycles. The topological polar surface area (TPSA) is 47.7 Å². The number of halogens is 2. The van der Waals surface area contributed by atoms with Crippen LogP contribution in [-0.2, 0) is 9.26 Å². The third-order valence-electron chi connectivity index (χ3n) is 2.40. The highest BCUT2D eigenvalue weighted by atomic mass is 79.9. The van der Waals surface area contributed by atoms with E-state index in [4.69, 9.17) is 26.2 Å². The molecule has 104 valence electrons. The molecule has 2 N–H and O–H groups in total. The molecule has 0 saturated heterocycles. The van der Waals surface area contributed by atoms with Crippen LogP contribution in [0, 0.1) is 0 Å². The first-order chi connectivity index (χ1) is 8.63. The van der Waals surface area contributed by atoms with E-state index in [-0.39, 0.29) is 0 Å². The Hall–Kier alpha value is 0.200. The van der Waals surface area contributed by atoms with Gasteiger partial charge >= 0.3 is 0 Å². The van der Waals surface area contributed by atoms with Gasteiger partial charge in [0.15, 0.2) is 5.88 Å². The molecule has 1 heterocycles. The summed E-state index contributed by atoms with van der Waals surface area (Å²) in [5, 5.41) is 1.03. The fourth-order valence-corrected chi connectivity index (χ4v) is 2.85. The van der Waals surface area contributed by atoms with Crippen molar-refractivity contribution >= 4 is 34.8 Å². The summed E-state index contributed by atoms with van der Waals surface area (Å²) >= 11 is 9.62. The summed E-state index contributed by atoms with van der Waals surface area (Å²) in [6.07, 6.45) is 5.91. The second-order valence-corrected chi connectivity index (χ2v) is 7.01. The maximum atomic E-state index is 6.21. The quantitative estimate of drug-likeness (QED) is 0.411. The molecule has 1 aliphatic heterocycles. The van der Waals surface area contributed by atoms with E-state index in [1.165, 1.54) is 0 Å². The minimum Gasteiger partial charge on any atom is -0.475 e. The summed E-state index contributed by atoms with van der Waals surface area (Å²) in [4.78, 5) is 0. The number of hydrogen-bond donors (Lipinski definition) is 1. The van der Waals surface area contributed by atoms with Crippen LogP contribution in [0.25, 0.3) is 0 Å². The Morgan fingerprint density at radius 3 is 2.94 bits per heavy atom. The number of alkyl halides is 1. The van der Waals surface area contributed by atoms with E-state index in [1.807, 2.05) is 17.8 Å². The Morgan fingerprint density at radius 2 is 2.33 bits per heavy atom. The van der Waals surface area contributed by atoms with Crippen molar-refractivity contribution in [1.29, 1.82) is 0 Å². The van der Waals surface area contributed by atoms with Gasteiger partial charge in [0.05, 0.1) is 6.61 Å². The normalized spacial score (nSPS) is 17.1. The van der Waals surface area contributed by atoms with Crippen molar-refractivity contribution in [3.8, 4) is 0 Å². The first kappa shape index (κ1) is 16.3. The Bertz CT molecular complexity index is 315. The monoisotopic (exact) mass is 356 g/mol. The summed E-state index contributed by atoms with van der Waals surface area (Å²) in [6, 6.07) is 0. The fourth-order valence-electron chi connectivity index (χ4n) is 1.31. The minimum absolute atomic E-state index is 0.443. The Labute approximate surface area is 123 Å². The van der Waals surface area contributed by atoms with Crippen molar-refractivity contribution in [2.75, 3.05) is 32.1 Å². The molecule has 0 aromatic heterocycles. The SMILES string of the molecule is CN(CCCCBr)P(Cl)OCC1=CC=C(N)OC1. The molecule has 0 bridgehead atoms. The highest BCUT2D eigenvalue weighted by Gasteiger charge is 2.14. The third-order valence-corrected chi connectivity index (χ3v) is 5.10.